The minimum absolute atomic E-state index is 0.135. The van der Waals surface area contributed by atoms with Gasteiger partial charge in [0.1, 0.15) is 4.88 Å². The molecule has 0 aliphatic heterocycles. The zero-order valence-electron chi connectivity index (χ0n) is 15.4. The lowest BCUT2D eigenvalue weighted by Crippen LogP contribution is -2.12. The van der Waals surface area contributed by atoms with Gasteiger partial charge in [-0.05, 0) is 31.2 Å². The molecule has 0 saturated heterocycles. The molecule has 0 radical (unpaired) electrons. The van der Waals surface area contributed by atoms with Crippen molar-refractivity contribution in [2.75, 3.05) is 10.6 Å². The second kappa shape index (κ2) is 7.28. The summed E-state index contributed by atoms with van der Waals surface area (Å²) in [6, 6.07) is 17.0. The largest absolute Gasteiger partial charge is 0.326 e. The molecule has 0 aliphatic rings. The van der Waals surface area contributed by atoms with Gasteiger partial charge in [0.25, 0.3) is 5.91 Å². The van der Waals surface area contributed by atoms with Crippen molar-refractivity contribution in [2.24, 2.45) is 0 Å². The number of nitrogens with one attached hydrogen (secondary N) is 2. The Bertz CT molecular complexity index is 1160. The number of rotatable bonds is 4. The molecule has 4 aromatic rings. The van der Waals surface area contributed by atoms with E-state index in [1.165, 1.54) is 18.3 Å². The van der Waals surface area contributed by atoms with Crippen LogP contribution in [0.15, 0.2) is 60.8 Å². The topological polar surface area (TPSA) is 75.5 Å². The molecule has 0 unspecified atom stereocenters. The minimum atomic E-state index is -0.179. The number of benzene rings is 2. The van der Waals surface area contributed by atoms with Gasteiger partial charge in [0.15, 0.2) is 4.96 Å². The van der Waals surface area contributed by atoms with E-state index in [-0.39, 0.29) is 11.8 Å². The summed E-state index contributed by atoms with van der Waals surface area (Å²) in [7, 11) is 0. The summed E-state index contributed by atoms with van der Waals surface area (Å²) in [4.78, 5) is 29.8. The molecule has 7 heteroatoms. The Kier molecular flexibility index (Phi) is 4.67. The summed E-state index contributed by atoms with van der Waals surface area (Å²) in [5.74, 6) is -0.314. The number of imidazole rings is 1. The quantitative estimate of drug-likeness (QED) is 0.535. The first-order valence-electron chi connectivity index (χ1n) is 8.74. The van der Waals surface area contributed by atoms with Crippen molar-refractivity contribution < 1.29 is 9.59 Å². The van der Waals surface area contributed by atoms with E-state index >= 15 is 0 Å². The molecule has 0 atom stereocenters. The average Bonchev–Trinajstić information content (AvgIpc) is 3.23. The van der Waals surface area contributed by atoms with Crippen LogP contribution < -0.4 is 10.6 Å². The molecule has 4 rings (SSSR count). The van der Waals surface area contributed by atoms with E-state index in [0.29, 0.717) is 16.3 Å². The van der Waals surface area contributed by atoms with E-state index in [9.17, 15) is 9.59 Å². The smallest absolute Gasteiger partial charge is 0.267 e. The lowest BCUT2D eigenvalue weighted by molar-refractivity contribution is -0.114. The van der Waals surface area contributed by atoms with Crippen molar-refractivity contribution in [2.45, 2.75) is 13.8 Å². The molecule has 0 spiro atoms. The number of fused-ring (bicyclic) bond motifs is 1. The molecule has 0 aliphatic carbocycles. The number of nitrogens with zero attached hydrogens (tertiary/aromatic N) is 2. The Morgan fingerprint density at radius 3 is 2.21 bits per heavy atom. The fourth-order valence-electron chi connectivity index (χ4n) is 2.94. The third kappa shape index (κ3) is 3.52. The molecule has 2 aromatic carbocycles. The van der Waals surface area contributed by atoms with Crippen molar-refractivity contribution in [1.29, 1.82) is 0 Å². The van der Waals surface area contributed by atoms with E-state index in [1.807, 2.05) is 47.9 Å². The van der Waals surface area contributed by atoms with E-state index in [0.717, 1.165) is 21.9 Å². The molecule has 2 heterocycles. The number of hydrogen-bond acceptors (Lipinski definition) is 4. The fourth-order valence-corrected chi connectivity index (χ4v) is 3.94. The van der Waals surface area contributed by atoms with E-state index in [4.69, 9.17) is 0 Å². The highest BCUT2D eigenvalue weighted by Crippen LogP contribution is 2.27. The van der Waals surface area contributed by atoms with Gasteiger partial charge in [0.05, 0.1) is 5.69 Å². The van der Waals surface area contributed by atoms with Gasteiger partial charge in [0, 0.05) is 35.8 Å². The first-order chi connectivity index (χ1) is 13.5. The molecule has 6 nitrogen and oxygen atoms in total. The number of carbonyl (C=O) groups excluding carboxylic acids is 2. The van der Waals surface area contributed by atoms with Gasteiger partial charge in [0.2, 0.25) is 5.91 Å². The monoisotopic (exact) mass is 390 g/mol. The first-order valence-corrected chi connectivity index (χ1v) is 9.56. The Labute approximate surface area is 165 Å². The Morgan fingerprint density at radius 2 is 1.61 bits per heavy atom. The van der Waals surface area contributed by atoms with E-state index in [1.54, 1.807) is 24.3 Å². The van der Waals surface area contributed by atoms with Crippen molar-refractivity contribution >= 4 is 39.5 Å². The van der Waals surface area contributed by atoms with Crippen molar-refractivity contribution in [1.82, 2.24) is 9.38 Å². The van der Waals surface area contributed by atoms with Gasteiger partial charge >= 0.3 is 0 Å². The molecule has 2 amide bonds. The van der Waals surface area contributed by atoms with Crippen LogP contribution in [0.3, 0.4) is 0 Å². The summed E-state index contributed by atoms with van der Waals surface area (Å²) >= 11 is 1.36. The molecule has 0 bridgehead atoms. The fraction of sp³-hybridized carbons (Fsp3) is 0.0952. The molecule has 2 N–H and O–H groups in total. The summed E-state index contributed by atoms with van der Waals surface area (Å²) in [6.07, 6.45) is 1.95. The Balaban J connectivity index is 1.55. The van der Waals surface area contributed by atoms with Gasteiger partial charge in [-0.1, -0.05) is 41.7 Å². The van der Waals surface area contributed by atoms with Crippen LogP contribution in [0.25, 0.3) is 16.2 Å². The molecular formula is C21H18N4O2S. The molecule has 0 saturated carbocycles. The van der Waals surface area contributed by atoms with Crippen LogP contribution in [0.5, 0.6) is 0 Å². The highest BCUT2D eigenvalue weighted by molar-refractivity contribution is 7.19. The molecule has 2 aromatic heterocycles. The lowest BCUT2D eigenvalue weighted by atomic mass is 10.2. The van der Waals surface area contributed by atoms with Crippen LogP contribution in [-0.4, -0.2) is 21.2 Å². The zero-order chi connectivity index (χ0) is 19.7. The van der Waals surface area contributed by atoms with E-state index in [2.05, 4.69) is 15.6 Å². The van der Waals surface area contributed by atoms with Crippen LogP contribution in [0, 0.1) is 6.92 Å². The SMILES string of the molecule is CC(=O)Nc1ccc(NC(=O)c2sc3nc(-c4ccccc4)cn3c2C)cc1. The summed E-state index contributed by atoms with van der Waals surface area (Å²) in [5, 5.41) is 5.59. The van der Waals surface area contributed by atoms with Gasteiger partial charge in [-0.3, -0.25) is 14.0 Å². The normalized spacial score (nSPS) is 10.8. The number of amides is 2. The van der Waals surface area contributed by atoms with Crippen molar-refractivity contribution in [3.05, 3.63) is 71.4 Å². The second-order valence-corrected chi connectivity index (χ2v) is 7.35. The number of carbonyl (C=O) groups is 2. The van der Waals surface area contributed by atoms with Crippen molar-refractivity contribution in [3.63, 3.8) is 0 Å². The average molecular weight is 390 g/mol. The van der Waals surface area contributed by atoms with Gasteiger partial charge in [-0.2, -0.15) is 0 Å². The third-order valence-corrected chi connectivity index (χ3v) is 5.45. The molecular weight excluding hydrogens is 372 g/mol. The summed E-state index contributed by atoms with van der Waals surface area (Å²) in [5.41, 5.74) is 4.12. The highest BCUT2D eigenvalue weighted by atomic mass is 32.1. The van der Waals surface area contributed by atoms with Crippen LogP contribution >= 0.6 is 11.3 Å². The predicted molar refractivity (Wildman–Crippen MR) is 112 cm³/mol. The lowest BCUT2D eigenvalue weighted by Gasteiger charge is -2.06. The van der Waals surface area contributed by atoms with Crippen molar-refractivity contribution in [3.8, 4) is 11.3 Å². The van der Waals surface area contributed by atoms with E-state index < -0.39 is 0 Å². The zero-order valence-corrected chi connectivity index (χ0v) is 16.2. The highest BCUT2D eigenvalue weighted by Gasteiger charge is 2.18. The number of aryl methyl sites for hydroxylation is 1. The van der Waals surface area contributed by atoms with Crippen LogP contribution in [-0.2, 0) is 4.79 Å². The van der Waals surface area contributed by atoms with Crippen LogP contribution in [0.1, 0.15) is 22.3 Å². The van der Waals surface area contributed by atoms with Gasteiger partial charge in [-0.25, -0.2) is 4.98 Å². The first kappa shape index (κ1) is 17.9. The van der Waals surface area contributed by atoms with Crippen LogP contribution in [0.2, 0.25) is 0 Å². The summed E-state index contributed by atoms with van der Waals surface area (Å²) in [6.45, 7) is 3.36. The maximum Gasteiger partial charge on any atom is 0.267 e. The number of thiazole rings is 1. The molecule has 0 fully saturated rings. The molecule has 28 heavy (non-hydrogen) atoms. The minimum Gasteiger partial charge on any atom is -0.326 e. The summed E-state index contributed by atoms with van der Waals surface area (Å²) < 4.78 is 1.95. The van der Waals surface area contributed by atoms with Gasteiger partial charge in [-0.15, -0.1) is 0 Å². The Morgan fingerprint density at radius 1 is 0.964 bits per heavy atom. The number of aromatic nitrogens is 2. The number of hydrogen-bond donors (Lipinski definition) is 2. The maximum atomic E-state index is 12.7. The molecule has 140 valence electrons. The van der Waals surface area contributed by atoms with Crippen LogP contribution in [0.4, 0.5) is 11.4 Å². The maximum absolute atomic E-state index is 12.7. The third-order valence-electron chi connectivity index (χ3n) is 4.30. The standard InChI is InChI=1S/C21H18N4O2S/c1-13-19(20(27)23-17-10-8-16(9-11-17)22-14(2)26)28-21-24-18(12-25(13)21)15-6-4-3-5-7-15/h3-12H,1-2H3,(H,22,26)(H,23,27). The predicted octanol–water partition coefficient (Wildman–Crippen LogP) is 4.58. The van der Waals surface area contributed by atoms with Gasteiger partial charge < -0.3 is 10.6 Å². The Hall–Kier alpha value is -3.45. The second-order valence-electron chi connectivity index (χ2n) is 6.37. The number of anilines is 2.